The third-order valence-corrected chi connectivity index (χ3v) is 13.6. The SMILES string of the molecule is COc1ccc2c(O[C@@H]3C[C@H]4C(=O)N[C@]5(C(=O)NS(=O)(=O)C6CC6)C[C@H]5/C=C\CCCCC[C@H](NCl)C(=O)N4C3)cc(-c3nc(CF)cs3)nc2c1Cl. The molecule has 2 aliphatic carbocycles. The molecule has 3 aromatic rings. The van der Waals surface area contributed by atoms with Crippen molar-refractivity contribution in [2.24, 2.45) is 5.92 Å². The number of carbonyl (C=O) groups is 3. The van der Waals surface area contributed by atoms with Gasteiger partial charge >= 0.3 is 0 Å². The Hall–Kier alpha value is -3.57. The van der Waals surface area contributed by atoms with Gasteiger partial charge in [-0.2, -0.15) is 0 Å². The van der Waals surface area contributed by atoms with E-state index < -0.39 is 69.3 Å². The first-order valence-corrected chi connectivity index (χ1v) is 20.7. The minimum atomic E-state index is -3.89. The molecule has 2 aliphatic heterocycles. The van der Waals surface area contributed by atoms with Gasteiger partial charge in [-0.1, -0.05) is 36.6 Å². The summed E-state index contributed by atoms with van der Waals surface area (Å²) < 4.78 is 53.2. The minimum Gasteiger partial charge on any atom is -0.495 e. The Balaban J connectivity index is 1.22. The molecule has 0 radical (unpaired) electrons. The second kappa shape index (κ2) is 15.3. The lowest BCUT2D eigenvalue weighted by Gasteiger charge is -2.29. The Bertz CT molecular complexity index is 2060. The molecule has 2 saturated carbocycles. The highest BCUT2D eigenvalue weighted by Gasteiger charge is 2.62. The van der Waals surface area contributed by atoms with Crippen LogP contribution in [-0.4, -0.2) is 83.6 Å². The maximum atomic E-state index is 14.3. The van der Waals surface area contributed by atoms with Crippen LogP contribution < -0.4 is 24.3 Å². The van der Waals surface area contributed by atoms with Crippen molar-refractivity contribution < 1.29 is 36.7 Å². The van der Waals surface area contributed by atoms with E-state index in [1.807, 2.05) is 12.2 Å². The third-order valence-electron chi connectivity index (χ3n) is 10.2. The summed E-state index contributed by atoms with van der Waals surface area (Å²) in [5.74, 6) is -1.52. The Morgan fingerprint density at radius 2 is 1.98 bits per heavy atom. The number of sulfonamides is 1. The number of alkyl halides is 1. The maximum Gasteiger partial charge on any atom is 0.259 e. The van der Waals surface area contributed by atoms with Crippen LogP contribution in [0.15, 0.2) is 35.7 Å². The Labute approximate surface area is 320 Å². The number of fused-ring (bicyclic) bond motifs is 3. The second-order valence-electron chi connectivity index (χ2n) is 13.9. The van der Waals surface area contributed by atoms with Crippen LogP contribution in [0.4, 0.5) is 4.39 Å². The summed E-state index contributed by atoms with van der Waals surface area (Å²) in [5.41, 5.74) is -0.512. The molecule has 7 rings (SSSR count). The van der Waals surface area contributed by atoms with Gasteiger partial charge < -0.3 is 19.7 Å². The molecular weight excluding hydrogens is 770 g/mol. The van der Waals surface area contributed by atoms with E-state index in [2.05, 4.69) is 19.9 Å². The smallest absolute Gasteiger partial charge is 0.259 e. The molecule has 13 nitrogen and oxygen atoms in total. The molecular formula is C35H39Cl2FN6O7S2. The molecule has 284 valence electrons. The van der Waals surface area contributed by atoms with Crippen molar-refractivity contribution in [1.82, 2.24) is 29.7 Å². The number of ether oxygens (including phenoxy) is 2. The van der Waals surface area contributed by atoms with Gasteiger partial charge in [-0.25, -0.2) is 27.6 Å². The standard InChI is InChI=1S/C35H39Cl2FN6O7S2/c1-50-27-12-11-23-28(14-25(40-30(23)29(27)36)32-39-20(16-38)18-52-32)51-21-13-26-31(45)41-35(34(47)43-53(48,49)22-9-10-22)15-19(35)7-5-3-2-4-6-8-24(42-37)33(46)44(26)17-21/h5,7,11-12,14,18-19,21-22,24,26,42H,2-4,6,8-10,13,15-17H2,1H3,(H,41,45)(H,43,47)/b7-5-/t19-,21-,24+,26+,35-/m1/s1. The van der Waals surface area contributed by atoms with E-state index in [1.165, 1.54) is 23.3 Å². The van der Waals surface area contributed by atoms with E-state index in [1.54, 1.807) is 23.6 Å². The first-order valence-electron chi connectivity index (χ1n) is 17.5. The summed E-state index contributed by atoms with van der Waals surface area (Å²) in [6, 6.07) is 3.19. The number of pyridine rings is 1. The molecule has 53 heavy (non-hydrogen) atoms. The number of thiazole rings is 1. The summed E-state index contributed by atoms with van der Waals surface area (Å²) in [4.78, 5) is 55.1. The topological polar surface area (TPSA) is 169 Å². The number of carbonyl (C=O) groups excluding carboxylic acids is 3. The van der Waals surface area contributed by atoms with E-state index in [-0.39, 0.29) is 30.1 Å². The number of aromatic nitrogens is 2. The van der Waals surface area contributed by atoms with Crippen LogP contribution in [0.2, 0.25) is 5.02 Å². The predicted octanol–water partition coefficient (Wildman–Crippen LogP) is 4.95. The number of halogens is 3. The molecule has 1 saturated heterocycles. The molecule has 5 atom stereocenters. The van der Waals surface area contributed by atoms with E-state index >= 15 is 0 Å². The number of hydrogen-bond acceptors (Lipinski definition) is 11. The van der Waals surface area contributed by atoms with Crippen LogP contribution in [0.5, 0.6) is 11.5 Å². The number of benzene rings is 1. The van der Waals surface area contributed by atoms with E-state index in [9.17, 15) is 27.2 Å². The predicted molar refractivity (Wildman–Crippen MR) is 198 cm³/mol. The Kier molecular flexibility index (Phi) is 10.9. The van der Waals surface area contributed by atoms with Gasteiger partial charge in [-0.05, 0) is 62.4 Å². The Morgan fingerprint density at radius 1 is 1.17 bits per heavy atom. The van der Waals surface area contributed by atoms with Crippen molar-refractivity contribution in [2.45, 2.75) is 93.4 Å². The van der Waals surface area contributed by atoms with E-state index in [0.717, 1.165) is 19.3 Å². The maximum absolute atomic E-state index is 14.3. The fourth-order valence-electron chi connectivity index (χ4n) is 7.05. The van der Waals surface area contributed by atoms with Gasteiger partial charge in [0.2, 0.25) is 21.8 Å². The zero-order chi connectivity index (χ0) is 37.5. The van der Waals surface area contributed by atoms with Crippen LogP contribution in [0, 0.1) is 5.92 Å². The van der Waals surface area contributed by atoms with Crippen LogP contribution in [-0.2, 0) is 31.1 Å². The number of nitrogens with zero attached hydrogens (tertiary/aromatic N) is 3. The normalized spacial score (nSPS) is 27.2. The lowest BCUT2D eigenvalue weighted by atomic mass is 10.1. The van der Waals surface area contributed by atoms with Crippen LogP contribution >= 0.6 is 34.7 Å². The average molecular weight is 810 g/mol. The number of hydrogen-bond donors (Lipinski definition) is 3. The summed E-state index contributed by atoms with van der Waals surface area (Å²) in [7, 11) is -2.41. The molecule has 3 fully saturated rings. The first kappa shape index (κ1) is 37.7. The molecule has 18 heteroatoms. The van der Waals surface area contributed by atoms with Crippen LogP contribution in [0.25, 0.3) is 21.6 Å². The summed E-state index contributed by atoms with van der Waals surface area (Å²) in [6.07, 6.45) is 7.82. The van der Waals surface area contributed by atoms with Crippen molar-refractivity contribution in [2.75, 3.05) is 13.7 Å². The zero-order valence-corrected chi connectivity index (χ0v) is 31.9. The summed E-state index contributed by atoms with van der Waals surface area (Å²) in [6.45, 7) is -0.747. The lowest BCUT2D eigenvalue weighted by molar-refractivity contribution is -0.141. The fourth-order valence-corrected chi connectivity index (χ4v) is 9.66. The molecule has 4 heterocycles. The van der Waals surface area contributed by atoms with Gasteiger partial charge in [0, 0.05) is 29.2 Å². The quantitative estimate of drug-likeness (QED) is 0.199. The summed E-state index contributed by atoms with van der Waals surface area (Å²) in [5, 5.41) is 5.03. The van der Waals surface area contributed by atoms with Crippen molar-refractivity contribution in [3.05, 3.63) is 46.4 Å². The molecule has 3 amide bonds. The number of nitrogens with one attached hydrogen (secondary N) is 3. The largest absolute Gasteiger partial charge is 0.495 e. The highest BCUT2D eigenvalue weighted by Crippen LogP contribution is 2.46. The molecule has 1 aromatic carbocycles. The van der Waals surface area contributed by atoms with Crippen LogP contribution in [0.3, 0.4) is 0 Å². The van der Waals surface area contributed by atoms with Gasteiger partial charge in [-0.15, -0.1) is 11.3 Å². The molecule has 3 N–H and O–H groups in total. The molecule has 0 unspecified atom stereocenters. The molecule has 4 aliphatic rings. The average Bonchev–Trinajstić information content (AvgIpc) is 4.02. The van der Waals surface area contributed by atoms with E-state index in [4.69, 9.17) is 37.8 Å². The monoisotopic (exact) mass is 808 g/mol. The number of amides is 3. The van der Waals surface area contributed by atoms with Gasteiger partial charge in [0.25, 0.3) is 5.91 Å². The zero-order valence-electron chi connectivity index (χ0n) is 28.8. The first-order chi connectivity index (χ1) is 25.5. The number of allylic oxidation sites excluding steroid dienone is 1. The Morgan fingerprint density at radius 3 is 2.70 bits per heavy atom. The fraction of sp³-hybridized carbons (Fsp3) is 0.514. The summed E-state index contributed by atoms with van der Waals surface area (Å²) >= 11 is 14.0. The van der Waals surface area contributed by atoms with Crippen molar-refractivity contribution in [3.8, 4) is 22.2 Å². The van der Waals surface area contributed by atoms with Crippen molar-refractivity contribution in [1.29, 1.82) is 0 Å². The number of rotatable bonds is 9. The minimum absolute atomic E-state index is 0.00311. The third kappa shape index (κ3) is 7.70. The van der Waals surface area contributed by atoms with Gasteiger partial charge in [0.05, 0.1) is 30.1 Å². The molecule has 2 aromatic heterocycles. The van der Waals surface area contributed by atoms with Gasteiger partial charge in [0.15, 0.2) is 0 Å². The van der Waals surface area contributed by atoms with Gasteiger partial charge in [0.1, 0.15) is 57.6 Å². The highest BCUT2D eigenvalue weighted by molar-refractivity contribution is 7.91. The van der Waals surface area contributed by atoms with Gasteiger partial charge in [-0.3, -0.25) is 19.1 Å². The van der Waals surface area contributed by atoms with Crippen molar-refractivity contribution in [3.63, 3.8) is 0 Å². The van der Waals surface area contributed by atoms with E-state index in [0.29, 0.717) is 58.8 Å². The molecule has 0 spiro atoms. The number of methoxy groups -OCH3 is 1. The highest BCUT2D eigenvalue weighted by atomic mass is 35.5. The van der Waals surface area contributed by atoms with Crippen LogP contribution in [0.1, 0.15) is 63.5 Å². The second-order valence-corrected chi connectivity index (χ2v) is 17.3. The molecule has 0 bridgehead atoms. The lowest BCUT2D eigenvalue weighted by Crippen LogP contribution is -2.57. The van der Waals surface area contributed by atoms with Crippen molar-refractivity contribution >= 4 is 73.4 Å².